The van der Waals surface area contributed by atoms with E-state index >= 15 is 0 Å². The van der Waals surface area contributed by atoms with E-state index in [4.69, 9.17) is 0 Å². The maximum absolute atomic E-state index is 12.2. The van der Waals surface area contributed by atoms with Gasteiger partial charge in [-0.15, -0.1) is 0 Å². The zero-order valence-electron chi connectivity index (χ0n) is 11.3. The van der Waals surface area contributed by atoms with Gasteiger partial charge in [0.05, 0.1) is 11.2 Å². The first-order chi connectivity index (χ1) is 8.40. The fraction of sp³-hybridized carbons (Fsp3) is 0.917. The number of sulfone groups is 1. The van der Waals surface area contributed by atoms with Crippen molar-refractivity contribution in [3.8, 4) is 0 Å². The van der Waals surface area contributed by atoms with Gasteiger partial charge in [-0.05, 0) is 32.2 Å². The molecule has 1 atom stereocenters. The van der Waals surface area contributed by atoms with E-state index in [1.54, 1.807) is 0 Å². The molecule has 5 nitrogen and oxygen atoms in total. The molecule has 0 aromatic heterocycles. The molecule has 2 N–H and O–H groups in total. The summed E-state index contributed by atoms with van der Waals surface area (Å²) >= 11 is 0. The van der Waals surface area contributed by atoms with Gasteiger partial charge in [-0.3, -0.25) is 4.79 Å². The lowest BCUT2D eigenvalue weighted by Crippen LogP contribution is -2.50. The quantitative estimate of drug-likeness (QED) is 0.685. The highest BCUT2D eigenvalue weighted by Crippen LogP contribution is 2.30. The Labute approximate surface area is 110 Å². The van der Waals surface area contributed by atoms with Crippen LogP contribution in [0, 0.1) is 5.41 Å². The number of nitrogens with one attached hydrogen (secondary N) is 2. The first-order valence-electron chi connectivity index (χ1n) is 6.56. The molecule has 1 saturated heterocycles. The van der Waals surface area contributed by atoms with E-state index in [1.807, 2.05) is 6.92 Å². The van der Waals surface area contributed by atoms with Crippen molar-refractivity contribution in [2.75, 3.05) is 31.6 Å². The lowest BCUT2D eigenvalue weighted by Gasteiger charge is -2.35. The molecule has 1 rings (SSSR count). The second kappa shape index (κ2) is 6.52. The Kier molecular flexibility index (Phi) is 5.59. The van der Waals surface area contributed by atoms with Gasteiger partial charge in [0, 0.05) is 19.3 Å². The van der Waals surface area contributed by atoms with Gasteiger partial charge in [-0.25, -0.2) is 8.42 Å². The van der Waals surface area contributed by atoms with E-state index in [-0.39, 0.29) is 17.1 Å². The molecule has 0 aliphatic carbocycles. The first kappa shape index (κ1) is 15.4. The predicted octanol–water partition coefficient (Wildman–Crippen LogP) is 0.317. The van der Waals surface area contributed by atoms with Crippen LogP contribution in [-0.4, -0.2) is 46.0 Å². The second-order valence-electron chi connectivity index (χ2n) is 5.15. The van der Waals surface area contributed by atoms with Crippen LogP contribution >= 0.6 is 0 Å². The molecule has 0 bridgehead atoms. The highest BCUT2D eigenvalue weighted by molar-refractivity contribution is 7.90. The fourth-order valence-electron chi connectivity index (χ4n) is 2.35. The fourth-order valence-corrected chi connectivity index (χ4v) is 3.02. The lowest BCUT2D eigenvalue weighted by atomic mass is 9.77. The van der Waals surface area contributed by atoms with Gasteiger partial charge in [0.25, 0.3) is 0 Å². The molecule has 6 heteroatoms. The summed E-state index contributed by atoms with van der Waals surface area (Å²) in [6.07, 6.45) is 4.45. The van der Waals surface area contributed by atoms with Crippen LogP contribution in [-0.2, 0) is 14.6 Å². The van der Waals surface area contributed by atoms with Crippen LogP contribution < -0.4 is 10.6 Å². The van der Waals surface area contributed by atoms with Crippen molar-refractivity contribution in [1.82, 2.24) is 10.6 Å². The van der Waals surface area contributed by atoms with Crippen LogP contribution in [0.1, 0.15) is 32.6 Å². The molecule has 0 aromatic rings. The molecule has 1 heterocycles. The number of amides is 1. The third-order valence-electron chi connectivity index (χ3n) is 3.61. The lowest BCUT2D eigenvalue weighted by molar-refractivity contribution is -0.132. The van der Waals surface area contributed by atoms with E-state index in [0.29, 0.717) is 13.0 Å². The maximum atomic E-state index is 12.2. The summed E-state index contributed by atoms with van der Waals surface area (Å²) in [7, 11) is -2.93. The molecule has 1 aliphatic rings. The van der Waals surface area contributed by atoms with Gasteiger partial charge >= 0.3 is 0 Å². The second-order valence-corrected chi connectivity index (χ2v) is 7.41. The molecular weight excluding hydrogens is 252 g/mol. The van der Waals surface area contributed by atoms with Gasteiger partial charge in [-0.1, -0.05) is 6.92 Å². The first-order valence-corrected chi connectivity index (χ1v) is 8.62. The van der Waals surface area contributed by atoms with Crippen molar-refractivity contribution in [2.24, 2.45) is 5.41 Å². The molecule has 1 amide bonds. The number of hydrogen-bond acceptors (Lipinski definition) is 4. The molecule has 0 radical (unpaired) electrons. The van der Waals surface area contributed by atoms with Gasteiger partial charge in [0.1, 0.15) is 9.84 Å². The summed E-state index contributed by atoms with van der Waals surface area (Å²) in [5.74, 6) is 0.190. The van der Waals surface area contributed by atoms with Crippen LogP contribution in [0.5, 0.6) is 0 Å². The molecule has 0 saturated carbocycles. The Hall–Kier alpha value is -0.620. The van der Waals surface area contributed by atoms with Gasteiger partial charge < -0.3 is 10.6 Å². The van der Waals surface area contributed by atoms with E-state index in [2.05, 4.69) is 10.6 Å². The van der Waals surface area contributed by atoms with E-state index in [9.17, 15) is 13.2 Å². The minimum absolute atomic E-state index is 0.0608. The smallest absolute Gasteiger partial charge is 0.227 e. The van der Waals surface area contributed by atoms with Crippen molar-refractivity contribution in [2.45, 2.75) is 32.6 Å². The normalized spacial score (nSPS) is 24.8. The minimum atomic E-state index is -2.93. The third kappa shape index (κ3) is 4.57. The summed E-state index contributed by atoms with van der Waals surface area (Å²) < 4.78 is 21.9. The van der Waals surface area contributed by atoms with E-state index in [0.717, 1.165) is 32.4 Å². The number of rotatable bonds is 6. The van der Waals surface area contributed by atoms with Crippen LogP contribution in [0.2, 0.25) is 0 Å². The molecule has 1 aliphatic heterocycles. The average Bonchev–Trinajstić information content (AvgIpc) is 2.34. The zero-order chi connectivity index (χ0) is 13.6. The van der Waals surface area contributed by atoms with Crippen molar-refractivity contribution in [1.29, 1.82) is 0 Å². The summed E-state index contributed by atoms with van der Waals surface area (Å²) in [6, 6.07) is 0. The van der Waals surface area contributed by atoms with Crippen LogP contribution in [0.25, 0.3) is 0 Å². The summed E-state index contributed by atoms with van der Waals surface area (Å²) in [5, 5.41) is 6.14. The van der Waals surface area contributed by atoms with Gasteiger partial charge in [0.2, 0.25) is 5.91 Å². The van der Waals surface area contributed by atoms with E-state index in [1.165, 1.54) is 6.26 Å². The average molecular weight is 276 g/mol. The molecule has 1 unspecified atom stereocenters. The molecule has 0 spiro atoms. The summed E-state index contributed by atoms with van der Waals surface area (Å²) in [5.41, 5.74) is -0.302. The van der Waals surface area contributed by atoms with Gasteiger partial charge in [-0.2, -0.15) is 0 Å². The summed E-state index contributed by atoms with van der Waals surface area (Å²) in [4.78, 5) is 12.2. The number of hydrogen-bond donors (Lipinski definition) is 2. The third-order valence-corrected chi connectivity index (χ3v) is 4.64. The highest BCUT2D eigenvalue weighted by atomic mass is 32.2. The molecule has 18 heavy (non-hydrogen) atoms. The molecular formula is C12H24N2O3S. The minimum Gasteiger partial charge on any atom is -0.356 e. The van der Waals surface area contributed by atoms with Crippen molar-refractivity contribution < 1.29 is 13.2 Å². The number of carbonyl (C=O) groups is 1. The Morgan fingerprint density at radius 2 is 2.17 bits per heavy atom. The zero-order valence-corrected chi connectivity index (χ0v) is 12.1. The van der Waals surface area contributed by atoms with Crippen molar-refractivity contribution in [3.05, 3.63) is 0 Å². The maximum Gasteiger partial charge on any atom is 0.227 e. The molecule has 0 aromatic carbocycles. The Balaban J connectivity index is 2.39. The number of carbonyl (C=O) groups excluding carboxylic acids is 1. The Morgan fingerprint density at radius 1 is 1.44 bits per heavy atom. The highest BCUT2D eigenvalue weighted by Gasteiger charge is 2.37. The Morgan fingerprint density at radius 3 is 2.67 bits per heavy atom. The van der Waals surface area contributed by atoms with Gasteiger partial charge in [0.15, 0.2) is 0 Å². The standard InChI is InChI=1S/C12H24N2O3S/c1-3-12(6-4-7-13-10-12)11(15)14-8-5-9-18(2,16)17/h13H,3-10H2,1-2H3,(H,14,15). The number of piperidine rings is 1. The van der Waals surface area contributed by atoms with Crippen LogP contribution in [0.3, 0.4) is 0 Å². The van der Waals surface area contributed by atoms with Crippen LogP contribution in [0.4, 0.5) is 0 Å². The predicted molar refractivity (Wildman–Crippen MR) is 72.2 cm³/mol. The molecule has 106 valence electrons. The Bertz CT molecular complexity index is 373. The van der Waals surface area contributed by atoms with Crippen LogP contribution in [0.15, 0.2) is 0 Å². The van der Waals surface area contributed by atoms with E-state index < -0.39 is 9.84 Å². The largest absolute Gasteiger partial charge is 0.356 e. The molecule has 1 fully saturated rings. The summed E-state index contributed by atoms with van der Waals surface area (Å²) in [6.45, 7) is 4.17. The topological polar surface area (TPSA) is 75.3 Å². The monoisotopic (exact) mass is 276 g/mol. The SMILES string of the molecule is CCC1(C(=O)NCCCS(C)(=O)=O)CCCNC1. The van der Waals surface area contributed by atoms with Crippen molar-refractivity contribution >= 4 is 15.7 Å². The van der Waals surface area contributed by atoms with Crippen molar-refractivity contribution in [3.63, 3.8) is 0 Å².